The normalized spacial score (nSPS) is 24.4. The van der Waals surface area contributed by atoms with Crippen molar-refractivity contribution >= 4 is 17.5 Å². The van der Waals surface area contributed by atoms with E-state index in [-0.39, 0.29) is 17.9 Å². The van der Waals surface area contributed by atoms with Gasteiger partial charge in [0.2, 0.25) is 5.91 Å². The number of hydrogen-bond donors (Lipinski definition) is 2. The number of alkyl halides is 3. The summed E-state index contributed by atoms with van der Waals surface area (Å²) in [7, 11) is 0. The maximum absolute atomic E-state index is 13.5. The van der Waals surface area contributed by atoms with Crippen molar-refractivity contribution in [2.75, 3.05) is 19.6 Å². The maximum Gasteiger partial charge on any atom is 0.416 e. The van der Waals surface area contributed by atoms with E-state index in [0.29, 0.717) is 49.0 Å². The van der Waals surface area contributed by atoms with Gasteiger partial charge in [-0.1, -0.05) is 60.2 Å². The summed E-state index contributed by atoms with van der Waals surface area (Å²) in [5.41, 5.74) is 2.27. The highest BCUT2D eigenvalue weighted by atomic mass is 19.4. The number of hydrogen-bond acceptors (Lipinski definition) is 2. The predicted molar refractivity (Wildman–Crippen MR) is 149 cm³/mol. The summed E-state index contributed by atoms with van der Waals surface area (Å²) in [4.78, 5) is 28.2. The molecule has 2 aromatic rings. The average molecular weight is 552 g/mol. The second kappa shape index (κ2) is 10.8. The SMILES string of the molecule is CC(C)(C)NC(=O)N1CCC2=C(c3cccc(C(F)(F)F)c3)C=CC(C(=O)NC[C@@H]3C[C@H]3c3ccccc3)C2C1. The van der Waals surface area contributed by atoms with E-state index in [9.17, 15) is 22.8 Å². The highest BCUT2D eigenvalue weighted by molar-refractivity contribution is 5.87. The molecule has 40 heavy (non-hydrogen) atoms. The quantitative estimate of drug-likeness (QED) is 0.452. The molecule has 2 aromatic carbocycles. The first-order valence-electron chi connectivity index (χ1n) is 13.9. The fourth-order valence-corrected chi connectivity index (χ4v) is 5.92. The maximum atomic E-state index is 13.5. The Bertz CT molecular complexity index is 1330. The Hall–Kier alpha value is -3.55. The third-order valence-electron chi connectivity index (χ3n) is 8.03. The van der Waals surface area contributed by atoms with E-state index in [2.05, 4.69) is 22.8 Å². The summed E-state index contributed by atoms with van der Waals surface area (Å²) in [5.74, 6) is -0.117. The van der Waals surface area contributed by atoms with Gasteiger partial charge in [-0.05, 0) is 74.3 Å². The molecular formula is C32H36F3N3O2. The third-order valence-corrected chi connectivity index (χ3v) is 8.03. The van der Waals surface area contributed by atoms with Gasteiger partial charge in [0, 0.05) is 31.1 Å². The molecule has 1 heterocycles. The van der Waals surface area contributed by atoms with Gasteiger partial charge in [0.05, 0.1) is 11.5 Å². The number of urea groups is 1. The predicted octanol–water partition coefficient (Wildman–Crippen LogP) is 6.39. The molecular weight excluding hydrogens is 515 g/mol. The lowest BCUT2D eigenvalue weighted by atomic mass is 9.73. The molecule has 0 radical (unpaired) electrons. The van der Waals surface area contributed by atoms with Crippen LogP contribution in [0.15, 0.2) is 72.3 Å². The molecule has 2 aliphatic carbocycles. The zero-order valence-corrected chi connectivity index (χ0v) is 23.1. The number of halogens is 3. The van der Waals surface area contributed by atoms with Crippen molar-refractivity contribution < 1.29 is 22.8 Å². The molecule has 3 amide bonds. The monoisotopic (exact) mass is 551 g/mol. The van der Waals surface area contributed by atoms with Crippen molar-refractivity contribution in [1.82, 2.24) is 15.5 Å². The van der Waals surface area contributed by atoms with Crippen LogP contribution in [0.4, 0.5) is 18.0 Å². The molecule has 1 saturated carbocycles. The van der Waals surface area contributed by atoms with Gasteiger partial charge < -0.3 is 15.5 Å². The molecule has 5 rings (SSSR count). The standard InChI is InChI=1S/C32H36F3N3O2/c1-31(2,3)37-30(40)38-15-14-25-24(21-10-7-11-23(16-21)32(33,34)35)12-13-26(28(25)19-38)29(39)36-18-22-17-27(22)20-8-5-4-6-9-20/h4-13,16,22,26-28H,14-15,17-19H2,1-3H3,(H,36,39)(H,37,40)/t22-,26?,27-,28?/m0/s1. The Morgan fingerprint density at radius 3 is 2.45 bits per heavy atom. The van der Waals surface area contributed by atoms with Gasteiger partial charge in [0.1, 0.15) is 0 Å². The first-order chi connectivity index (χ1) is 18.9. The van der Waals surface area contributed by atoms with Crippen molar-refractivity contribution in [2.24, 2.45) is 17.8 Å². The molecule has 2 N–H and O–H groups in total. The van der Waals surface area contributed by atoms with E-state index in [1.807, 2.05) is 39.0 Å². The highest BCUT2D eigenvalue weighted by Gasteiger charge is 2.41. The third kappa shape index (κ3) is 6.26. The van der Waals surface area contributed by atoms with Crippen LogP contribution in [0.25, 0.3) is 5.57 Å². The largest absolute Gasteiger partial charge is 0.416 e. The van der Waals surface area contributed by atoms with Crippen LogP contribution < -0.4 is 10.6 Å². The second-order valence-corrected chi connectivity index (χ2v) is 12.1. The number of likely N-dealkylation sites (tertiary alicyclic amines) is 1. The molecule has 0 bridgehead atoms. The number of rotatable bonds is 5. The van der Waals surface area contributed by atoms with Gasteiger partial charge in [-0.15, -0.1) is 0 Å². The summed E-state index contributed by atoms with van der Waals surface area (Å²) in [6.07, 6.45) is 0.656. The van der Waals surface area contributed by atoms with Gasteiger partial charge in [-0.25, -0.2) is 4.79 Å². The minimum Gasteiger partial charge on any atom is -0.355 e. The van der Waals surface area contributed by atoms with Gasteiger partial charge in [0.25, 0.3) is 0 Å². The summed E-state index contributed by atoms with van der Waals surface area (Å²) in [6, 6.07) is 15.4. The molecule has 2 fully saturated rings. The Morgan fingerprint density at radius 1 is 1.00 bits per heavy atom. The molecule has 8 heteroatoms. The van der Waals surface area contributed by atoms with E-state index in [4.69, 9.17) is 0 Å². The summed E-state index contributed by atoms with van der Waals surface area (Å²) < 4.78 is 40.4. The number of fused-ring (bicyclic) bond motifs is 1. The van der Waals surface area contributed by atoms with Crippen LogP contribution in [0, 0.1) is 17.8 Å². The minimum absolute atomic E-state index is 0.112. The Balaban J connectivity index is 1.36. The molecule has 0 aromatic heterocycles. The molecule has 1 saturated heterocycles. The number of benzene rings is 2. The van der Waals surface area contributed by atoms with Crippen molar-refractivity contribution in [3.05, 3.63) is 89.0 Å². The average Bonchev–Trinajstić information content (AvgIpc) is 3.70. The molecule has 0 spiro atoms. The number of carbonyl (C=O) groups excluding carboxylic acids is 2. The first kappa shape index (κ1) is 28.0. The summed E-state index contributed by atoms with van der Waals surface area (Å²) >= 11 is 0. The lowest BCUT2D eigenvalue weighted by Gasteiger charge is -2.41. The van der Waals surface area contributed by atoms with Gasteiger partial charge >= 0.3 is 12.2 Å². The summed E-state index contributed by atoms with van der Waals surface area (Å²) in [5, 5.41) is 6.12. The number of amides is 3. The molecule has 3 aliphatic rings. The molecule has 1 aliphatic heterocycles. The number of carbonyl (C=O) groups is 2. The van der Waals surface area contributed by atoms with Crippen LogP contribution in [0.2, 0.25) is 0 Å². The van der Waals surface area contributed by atoms with Crippen LogP contribution in [-0.4, -0.2) is 42.0 Å². The number of nitrogens with zero attached hydrogens (tertiary/aromatic N) is 1. The van der Waals surface area contributed by atoms with Crippen molar-refractivity contribution in [1.29, 1.82) is 0 Å². The lowest BCUT2D eigenvalue weighted by molar-refractivity contribution is -0.137. The van der Waals surface area contributed by atoms with Crippen LogP contribution in [0.5, 0.6) is 0 Å². The van der Waals surface area contributed by atoms with Crippen LogP contribution in [-0.2, 0) is 11.0 Å². The van der Waals surface area contributed by atoms with Gasteiger partial charge in [0.15, 0.2) is 0 Å². The molecule has 2 unspecified atom stereocenters. The fraction of sp³-hybridized carbons (Fsp3) is 0.438. The Labute approximate surface area is 233 Å². The minimum atomic E-state index is -4.45. The Morgan fingerprint density at radius 2 is 1.75 bits per heavy atom. The summed E-state index contributed by atoms with van der Waals surface area (Å²) in [6.45, 7) is 7.05. The molecule has 212 valence electrons. The lowest BCUT2D eigenvalue weighted by Crippen LogP contribution is -2.53. The van der Waals surface area contributed by atoms with Crippen molar-refractivity contribution in [3.8, 4) is 0 Å². The van der Waals surface area contributed by atoms with E-state index < -0.39 is 23.2 Å². The number of piperidine rings is 1. The van der Waals surface area contributed by atoms with Crippen LogP contribution >= 0.6 is 0 Å². The topological polar surface area (TPSA) is 61.4 Å². The van der Waals surface area contributed by atoms with Gasteiger partial charge in [-0.2, -0.15) is 13.2 Å². The second-order valence-electron chi connectivity index (χ2n) is 12.1. The zero-order chi connectivity index (χ0) is 28.7. The fourth-order valence-electron chi connectivity index (χ4n) is 5.92. The molecule has 4 atom stereocenters. The number of nitrogens with one attached hydrogen (secondary N) is 2. The van der Waals surface area contributed by atoms with Crippen LogP contribution in [0.1, 0.15) is 56.2 Å². The Kier molecular flexibility index (Phi) is 7.55. The van der Waals surface area contributed by atoms with E-state index in [0.717, 1.165) is 18.1 Å². The van der Waals surface area contributed by atoms with E-state index in [1.165, 1.54) is 17.7 Å². The number of allylic oxidation sites excluding steroid dienone is 2. The zero-order valence-electron chi connectivity index (χ0n) is 23.1. The molecule has 5 nitrogen and oxygen atoms in total. The smallest absolute Gasteiger partial charge is 0.355 e. The van der Waals surface area contributed by atoms with Crippen LogP contribution in [0.3, 0.4) is 0 Å². The van der Waals surface area contributed by atoms with E-state index in [1.54, 1.807) is 23.1 Å². The first-order valence-corrected chi connectivity index (χ1v) is 13.9. The van der Waals surface area contributed by atoms with Crippen molar-refractivity contribution in [3.63, 3.8) is 0 Å². The highest BCUT2D eigenvalue weighted by Crippen LogP contribution is 2.47. The van der Waals surface area contributed by atoms with E-state index >= 15 is 0 Å². The van der Waals surface area contributed by atoms with Gasteiger partial charge in [-0.3, -0.25) is 4.79 Å². The van der Waals surface area contributed by atoms with Crippen molar-refractivity contribution in [2.45, 2.75) is 51.2 Å².